The molecule has 0 saturated heterocycles. The minimum atomic E-state index is -0.457. The number of carbonyl (C=O) groups is 1. The lowest BCUT2D eigenvalue weighted by molar-refractivity contribution is -0.127. The number of rotatable bonds is 5. The number of benzene rings is 1. The highest BCUT2D eigenvalue weighted by molar-refractivity contribution is 5.85. The molecule has 0 spiro atoms. The SMILES string of the molecule is Cc1ccc(C)c(CCNC(=O)C2(CO)CC2)c1. The lowest BCUT2D eigenvalue weighted by Crippen LogP contribution is -2.35. The molecule has 0 unspecified atom stereocenters. The highest BCUT2D eigenvalue weighted by Gasteiger charge is 2.49. The van der Waals surface area contributed by atoms with E-state index in [1.807, 2.05) is 0 Å². The van der Waals surface area contributed by atoms with Gasteiger partial charge in [-0.1, -0.05) is 23.8 Å². The van der Waals surface area contributed by atoms with Crippen molar-refractivity contribution in [3.8, 4) is 0 Å². The minimum Gasteiger partial charge on any atom is -0.395 e. The summed E-state index contributed by atoms with van der Waals surface area (Å²) < 4.78 is 0. The van der Waals surface area contributed by atoms with Gasteiger partial charge in [0.05, 0.1) is 12.0 Å². The van der Waals surface area contributed by atoms with Crippen LogP contribution in [0.4, 0.5) is 0 Å². The smallest absolute Gasteiger partial charge is 0.228 e. The van der Waals surface area contributed by atoms with Crippen LogP contribution in [-0.2, 0) is 11.2 Å². The van der Waals surface area contributed by atoms with Crippen molar-refractivity contribution in [2.24, 2.45) is 5.41 Å². The molecule has 0 bridgehead atoms. The first-order valence-electron chi connectivity index (χ1n) is 6.53. The molecule has 0 heterocycles. The molecule has 18 heavy (non-hydrogen) atoms. The fraction of sp³-hybridized carbons (Fsp3) is 0.533. The van der Waals surface area contributed by atoms with Crippen LogP contribution in [0, 0.1) is 19.3 Å². The molecule has 3 nitrogen and oxygen atoms in total. The first-order valence-corrected chi connectivity index (χ1v) is 6.53. The summed E-state index contributed by atoms with van der Waals surface area (Å²) in [5.74, 6) is 0.00954. The Balaban J connectivity index is 1.85. The zero-order valence-electron chi connectivity index (χ0n) is 11.1. The van der Waals surface area contributed by atoms with Crippen LogP contribution in [0.25, 0.3) is 0 Å². The van der Waals surface area contributed by atoms with Crippen molar-refractivity contribution in [2.75, 3.05) is 13.2 Å². The van der Waals surface area contributed by atoms with E-state index in [-0.39, 0.29) is 12.5 Å². The van der Waals surface area contributed by atoms with Gasteiger partial charge in [-0.25, -0.2) is 0 Å². The average molecular weight is 247 g/mol. The quantitative estimate of drug-likeness (QED) is 0.832. The molecular formula is C15H21NO2. The Hall–Kier alpha value is -1.35. The molecule has 1 amide bonds. The Labute approximate surface area is 108 Å². The van der Waals surface area contributed by atoms with Crippen molar-refractivity contribution in [1.29, 1.82) is 0 Å². The van der Waals surface area contributed by atoms with E-state index < -0.39 is 5.41 Å². The van der Waals surface area contributed by atoms with E-state index in [9.17, 15) is 4.79 Å². The number of aryl methyl sites for hydroxylation is 2. The van der Waals surface area contributed by atoms with Crippen LogP contribution in [0.15, 0.2) is 18.2 Å². The first-order chi connectivity index (χ1) is 8.57. The fourth-order valence-corrected chi connectivity index (χ4v) is 2.18. The third-order valence-electron chi connectivity index (χ3n) is 3.82. The summed E-state index contributed by atoms with van der Waals surface area (Å²) in [4.78, 5) is 11.8. The predicted octanol–water partition coefficient (Wildman–Crippen LogP) is 1.73. The van der Waals surface area contributed by atoms with Gasteiger partial charge in [-0.2, -0.15) is 0 Å². The van der Waals surface area contributed by atoms with Crippen molar-refractivity contribution >= 4 is 5.91 Å². The first kappa shape index (κ1) is 13.1. The highest BCUT2D eigenvalue weighted by atomic mass is 16.3. The molecule has 0 radical (unpaired) electrons. The molecule has 1 aromatic rings. The van der Waals surface area contributed by atoms with E-state index >= 15 is 0 Å². The maximum atomic E-state index is 11.8. The number of hydrogen-bond donors (Lipinski definition) is 2. The molecule has 98 valence electrons. The number of aliphatic hydroxyl groups excluding tert-OH is 1. The normalized spacial score (nSPS) is 16.4. The molecule has 0 aromatic heterocycles. The fourth-order valence-electron chi connectivity index (χ4n) is 2.18. The Kier molecular flexibility index (Phi) is 3.71. The van der Waals surface area contributed by atoms with E-state index in [2.05, 4.69) is 37.4 Å². The molecule has 0 aliphatic heterocycles. The van der Waals surface area contributed by atoms with Gasteiger partial charge in [-0.15, -0.1) is 0 Å². The van der Waals surface area contributed by atoms with E-state index in [4.69, 9.17) is 5.11 Å². The molecule has 1 aliphatic rings. The van der Waals surface area contributed by atoms with E-state index in [1.165, 1.54) is 16.7 Å². The van der Waals surface area contributed by atoms with Crippen LogP contribution < -0.4 is 5.32 Å². The van der Waals surface area contributed by atoms with Gasteiger partial charge in [-0.3, -0.25) is 4.79 Å². The van der Waals surface area contributed by atoms with E-state index in [1.54, 1.807) is 0 Å². The lowest BCUT2D eigenvalue weighted by Gasteiger charge is -2.13. The lowest BCUT2D eigenvalue weighted by atomic mass is 10.0. The number of hydrogen-bond acceptors (Lipinski definition) is 2. The van der Waals surface area contributed by atoms with Gasteiger partial charge < -0.3 is 10.4 Å². The van der Waals surface area contributed by atoms with Crippen LogP contribution in [-0.4, -0.2) is 24.2 Å². The highest BCUT2D eigenvalue weighted by Crippen LogP contribution is 2.45. The molecular weight excluding hydrogens is 226 g/mol. The Bertz CT molecular complexity index is 450. The number of carbonyl (C=O) groups excluding carboxylic acids is 1. The number of aliphatic hydroxyl groups is 1. The zero-order valence-corrected chi connectivity index (χ0v) is 11.1. The summed E-state index contributed by atoms with van der Waals surface area (Å²) in [5.41, 5.74) is 3.33. The molecule has 1 aromatic carbocycles. The Morgan fingerprint density at radius 3 is 2.72 bits per heavy atom. The van der Waals surface area contributed by atoms with E-state index in [0.29, 0.717) is 6.54 Å². The van der Waals surface area contributed by atoms with Gasteiger partial charge in [0.25, 0.3) is 0 Å². The van der Waals surface area contributed by atoms with Crippen LogP contribution >= 0.6 is 0 Å². The van der Waals surface area contributed by atoms with Crippen LogP contribution in [0.2, 0.25) is 0 Å². The van der Waals surface area contributed by atoms with Crippen molar-refractivity contribution in [1.82, 2.24) is 5.32 Å². The van der Waals surface area contributed by atoms with Crippen molar-refractivity contribution < 1.29 is 9.90 Å². The molecule has 1 aliphatic carbocycles. The van der Waals surface area contributed by atoms with Gasteiger partial charge in [0.2, 0.25) is 5.91 Å². The molecule has 2 rings (SSSR count). The van der Waals surface area contributed by atoms with Gasteiger partial charge in [0.15, 0.2) is 0 Å². The predicted molar refractivity (Wildman–Crippen MR) is 71.4 cm³/mol. The second-order valence-electron chi connectivity index (χ2n) is 5.37. The average Bonchev–Trinajstić information content (AvgIpc) is 3.14. The summed E-state index contributed by atoms with van der Waals surface area (Å²) in [6.45, 7) is 4.78. The Morgan fingerprint density at radius 2 is 2.11 bits per heavy atom. The topological polar surface area (TPSA) is 49.3 Å². The second-order valence-corrected chi connectivity index (χ2v) is 5.37. The van der Waals surface area contributed by atoms with Crippen molar-refractivity contribution in [3.05, 3.63) is 34.9 Å². The number of nitrogens with one attached hydrogen (secondary N) is 1. The summed E-state index contributed by atoms with van der Waals surface area (Å²) >= 11 is 0. The third kappa shape index (κ3) is 2.72. The standard InChI is InChI=1S/C15H21NO2/c1-11-3-4-12(2)13(9-11)5-8-16-14(18)15(10-17)6-7-15/h3-4,9,17H,5-8,10H2,1-2H3,(H,16,18). The van der Waals surface area contributed by atoms with E-state index in [0.717, 1.165) is 19.3 Å². The zero-order chi connectivity index (χ0) is 13.2. The minimum absolute atomic E-state index is 0.00954. The summed E-state index contributed by atoms with van der Waals surface area (Å²) in [5, 5.41) is 12.1. The van der Waals surface area contributed by atoms with Crippen LogP contribution in [0.5, 0.6) is 0 Å². The van der Waals surface area contributed by atoms with Gasteiger partial charge >= 0.3 is 0 Å². The van der Waals surface area contributed by atoms with Crippen LogP contribution in [0.1, 0.15) is 29.5 Å². The third-order valence-corrected chi connectivity index (χ3v) is 3.82. The number of amides is 1. The molecule has 3 heteroatoms. The van der Waals surface area contributed by atoms with Crippen LogP contribution in [0.3, 0.4) is 0 Å². The van der Waals surface area contributed by atoms with Gasteiger partial charge in [0, 0.05) is 6.54 Å². The summed E-state index contributed by atoms with van der Waals surface area (Å²) in [7, 11) is 0. The van der Waals surface area contributed by atoms with Crippen molar-refractivity contribution in [2.45, 2.75) is 33.1 Å². The van der Waals surface area contributed by atoms with Gasteiger partial charge in [-0.05, 0) is 44.2 Å². The Morgan fingerprint density at radius 1 is 1.39 bits per heavy atom. The summed E-state index contributed by atoms with van der Waals surface area (Å²) in [6.07, 6.45) is 2.48. The van der Waals surface area contributed by atoms with Crippen molar-refractivity contribution in [3.63, 3.8) is 0 Å². The second kappa shape index (κ2) is 5.11. The maximum absolute atomic E-state index is 11.8. The molecule has 2 N–H and O–H groups in total. The monoisotopic (exact) mass is 247 g/mol. The van der Waals surface area contributed by atoms with Gasteiger partial charge in [0.1, 0.15) is 0 Å². The molecule has 0 atom stereocenters. The summed E-state index contributed by atoms with van der Waals surface area (Å²) in [6, 6.07) is 6.38. The molecule has 1 fully saturated rings. The molecule has 1 saturated carbocycles. The maximum Gasteiger partial charge on any atom is 0.228 e. The largest absolute Gasteiger partial charge is 0.395 e.